The lowest BCUT2D eigenvalue weighted by Gasteiger charge is -2.26. The molecule has 3 heterocycles. The van der Waals surface area contributed by atoms with Crippen molar-refractivity contribution >= 4 is 22.2 Å². The van der Waals surface area contributed by atoms with Crippen molar-refractivity contribution in [3.63, 3.8) is 0 Å². The highest BCUT2D eigenvalue weighted by Crippen LogP contribution is 2.16. The van der Waals surface area contributed by atoms with Crippen LogP contribution in [0.4, 0.5) is 0 Å². The Bertz CT molecular complexity index is 597. The number of imidazole rings is 1. The molecule has 6 heteroatoms. The van der Waals surface area contributed by atoms with Gasteiger partial charge < -0.3 is 10.2 Å². The van der Waals surface area contributed by atoms with Crippen LogP contribution in [0.1, 0.15) is 30.7 Å². The van der Waals surface area contributed by atoms with Crippen LogP contribution in [0.5, 0.6) is 0 Å². The van der Waals surface area contributed by atoms with Crippen molar-refractivity contribution in [2.24, 2.45) is 0 Å². The van der Waals surface area contributed by atoms with Crippen molar-refractivity contribution in [3.8, 4) is 0 Å². The number of hydrogen-bond acceptors (Lipinski definition) is 4. The van der Waals surface area contributed by atoms with Gasteiger partial charge in [-0.25, -0.2) is 4.98 Å². The summed E-state index contributed by atoms with van der Waals surface area (Å²) in [6.45, 7) is 4.95. The quantitative estimate of drug-likeness (QED) is 0.935. The monoisotopic (exact) mass is 292 g/mol. The molecular weight excluding hydrogens is 272 g/mol. The van der Waals surface area contributed by atoms with Gasteiger partial charge in [-0.15, -0.1) is 11.3 Å². The zero-order valence-corrected chi connectivity index (χ0v) is 12.6. The fourth-order valence-electron chi connectivity index (χ4n) is 2.70. The van der Waals surface area contributed by atoms with Crippen LogP contribution < -0.4 is 5.32 Å². The summed E-state index contributed by atoms with van der Waals surface area (Å²) in [6, 6.07) is 0. The van der Waals surface area contributed by atoms with E-state index in [-0.39, 0.29) is 5.91 Å². The normalized spacial score (nSPS) is 15.9. The second-order valence-corrected chi connectivity index (χ2v) is 6.12. The standard InChI is InChI=1S/C14H20N4OS/c1-11-12(18-7-8-20-14(18)16-11)9-15-10-13(19)17-5-3-2-4-6-17/h7-8,15H,2-6,9-10H2,1H3. The fourth-order valence-corrected chi connectivity index (χ4v) is 3.48. The minimum atomic E-state index is 0.216. The van der Waals surface area contributed by atoms with Crippen LogP contribution in [0, 0.1) is 6.92 Å². The van der Waals surface area contributed by atoms with Gasteiger partial charge in [0.25, 0.3) is 0 Å². The number of likely N-dealkylation sites (tertiary alicyclic amines) is 1. The number of nitrogens with zero attached hydrogens (tertiary/aromatic N) is 3. The number of fused-ring (bicyclic) bond motifs is 1. The lowest BCUT2D eigenvalue weighted by molar-refractivity contribution is -0.131. The predicted molar refractivity (Wildman–Crippen MR) is 79.9 cm³/mol. The van der Waals surface area contributed by atoms with Crippen molar-refractivity contribution < 1.29 is 4.79 Å². The van der Waals surface area contributed by atoms with Crippen molar-refractivity contribution in [1.82, 2.24) is 19.6 Å². The minimum absolute atomic E-state index is 0.216. The Kier molecular flexibility index (Phi) is 4.03. The second kappa shape index (κ2) is 5.93. The van der Waals surface area contributed by atoms with Gasteiger partial charge in [0.15, 0.2) is 4.96 Å². The van der Waals surface area contributed by atoms with E-state index in [0.717, 1.165) is 42.3 Å². The number of thiazole rings is 1. The van der Waals surface area contributed by atoms with Crippen LogP contribution in [-0.4, -0.2) is 39.8 Å². The Morgan fingerprint density at radius 1 is 1.40 bits per heavy atom. The Balaban J connectivity index is 1.55. The maximum absolute atomic E-state index is 12.1. The molecule has 0 atom stereocenters. The van der Waals surface area contributed by atoms with Gasteiger partial charge in [0.2, 0.25) is 5.91 Å². The van der Waals surface area contributed by atoms with Gasteiger partial charge in [-0.05, 0) is 26.2 Å². The molecule has 1 N–H and O–H groups in total. The molecular formula is C14H20N4OS. The Labute approximate surface area is 122 Å². The number of nitrogens with one attached hydrogen (secondary N) is 1. The maximum Gasteiger partial charge on any atom is 0.236 e. The van der Waals surface area contributed by atoms with Gasteiger partial charge in [0.05, 0.1) is 17.9 Å². The van der Waals surface area contributed by atoms with Crippen LogP contribution in [-0.2, 0) is 11.3 Å². The molecule has 1 aliphatic rings. The largest absolute Gasteiger partial charge is 0.342 e. The molecule has 108 valence electrons. The lowest BCUT2D eigenvalue weighted by atomic mass is 10.1. The molecule has 0 aromatic carbocycles. The molecule has 0 radical (unpaired) electrons. The van der Waals surface area contributed by atoms with Gasteiger partial charge in [0.1, 0.15) is 0 Å². The number of piperidine rings is 1. The van der Waals surface area contributed by atoms with Gasteiger partial charge in [-0.3, -0.25) is 9.20 Å². The Hall–Kier alpha value is -1.40. The van der Waals surface area contributed by atoms with Gasteiger partial charge in [-0.1, -0.05) is 0 Å². The minimum Gasteiger partial charge on any atom is -0.342 e. The van der Waals surface area contributed by atoms with Crippen molar-refractivity contribution in [3.05, 3.63) is 23.0 Å². The van der Waals surface area contributed by atoms with E-state index in [1.165, 1.54) is 6.42 Å². The summed E-state index contributed by atoms with van der Waals surface area (Å²) in [5, 5.41) is 5.29. The SMILES string of the molecule is Cc1nc2sccn2c1CNCC(=O)N1CCCCC1. The predicted octanol–water partition coefficient (Wildman–Crippen LogP) is 1.81. The first-order valence-electron chi connectivity index (χ1n) is 7.15. The molecule has 2 aromatic heterocycles. The Morgan fingerprint density at radius 2 is 2.20 bits per heavy atom. The summed E-state index contributed by atoms with van der Waals surface area (Å²) in [4.78, 5) is 19.6. The third-order valence-corrected chi connectivity index (χ3v) is 4.60. The number of aryl methyl sites for hydroxylation is 1. The summed E-state index contributed by atoms with van der Waals surface area (Å²) in [5.41, 5.74) is 2.18. The van der Waals surface area contributed by atoms with E-state index in [9.17, 15) is 4.79 Å². The molecule has 20 heavy (non-hydrogen) atoms. The summed E-state index contributed by atoms with van der Waals surface area (Å²) >= 11 is 1.63. The third-order valence-electron chi connectivity index (χ3n) is 3.84. The third kappa shape index (κ3) is 2.71. The van der Waals surface area contributed by atoms with Crippen LogP contribution in [0.25, 0.3) is 4.96 Å². The van der Waals surface area contributed by atoms with Crippen LogP contribution in [0.2, 0.25) is 0 Å². The first-order valence-corrected chi connectivity index (χ1v) is 8.03. The van der Waals surface area contributed by atoms with E-state index in [1.54, 1.807) is 11.3 Å². The highest BCUT2D eigenvalue weighted by molar-refractivity contribution is 7.15. The molecule has 0 saturated carbocycles. The van der Waals surface area contributed by atoms with Gasteiger partial charge in [0, 0.05) is 31.2 Å². The smallest absolute Gasteiger partial charge is 0.236 e. The van der Waals surface area contributed by atoms with E-state index in [0.29, 0.717) is 13.1 Å². The van der Waals surface area contributed by atoms with E-state index in [2.05, 4.69) is 14.7 Å². The number of amides is 1. The van der Waals surface area contributed by atoms with Gasteiger partial charge in [-0.2, -0.15) is 0 Å². The number of carbonyl (C=O) groups excluding carboxylic acids is 1. The average Bonchev–Trinajstić information content (AvgIpc) is 3.02. The number of hydrogen-bond donors (Lipinski definition) is 1. The summed E-state index contributed by atoms with van der Waals surface area (Å²) in [7, 11) is 0. The first kappa shape index (κ1) is 13.6. The molecule has 0 spiro atoms. The van der Waals surface area contributed by atoms with E-state index in [4.69, 9.17) is 0 Å². The molecule has 5 nitrogen and oxygen atoms in total. The van der Waals surface area contributed by atoms with Crippen LogP contribution in [0.3, 0.4) is 0 Å². The highest BCUT2D eigenvalue weighted by Gasteiger charge is 2.16. The van der Waals surface area contributed by atoms with E-state index >= 15 is 0 Å². The molecule has 0 unspecified atom stereocenters. The molecule has 1 saturated heterocycles. The molecule has 1 fully saturated rings. The van der Waals surface area contributed by atoms with E-state index in [1.807, 2.05) is 23.4 Å². The van der Waals surface area contributed by atoms with Crippen LogP contribution >= 0.6 is 11.3 Å². The van der Waals surface area contributed by atoms with Gasteiger partial charge >= 0.3 is 0 Å². The zero-order chi connectivity index (χ0) is 13.9. The van der Waals surface area contributed by atoms with Crippen molar-refractivity contribution in [2.45, 2.75) is 32.7 Å². The summed E-state index contributed by atoms with van der Waals surface area (Å²) in [5.74, 6) is 0.216. The summed E-state index contributed by atoms with van der Waals surface area (Å²) < 4.78 is 2.10. The molecule has 0 bridgehead atoms. The molecule has 1 aliphatic heterocycles. The number of aromatic nitrogens is 2. The number of rotatable bonds is 4. The molecule has 0 aliphatic carbocycles. The topological polar surface area (TPSA) is 49.6 Å². The first-order chi connectivity index (χ1) is 9.75. The van der Waals surface area contributed by atoms with Crippen molar-refractivity contribution in [2.75, 3.05) is 19.6 Å². The molecule has 1 amide bonds. The van der Waals surface area contributed by atoms with Crippen molar-refractivity contribution in [1.29, 1.82) is 0 Å². The number of carbonyl (C=O) groups is 1. The lowest BCUT2D eigenvalue weighted by Crippen LogP contribution is -2.41. The fraction of sp³-hybridized carbons (Fsp3) is 0.571. The Morgan fingerprint density at radius 3 is 3.00 bits per heavy atom. The van der Waals surface area contributed by atoms with Crippen LogP contribution in [0.15, 0.2) is 11.6 Å². The second-order valence-electron chi connectivity index (χ2n) is 5.24. The highest BCUT2D eigenvalue weighted by atomic mass is 32.1. The molecule has 3 rings (SSSR count). The average molecular weight is 292 g/mol. The summed E-state index contributed by atoms with van der Waals surface area (Å²) in [6.07, 6.45) is 5.57. The van der Waals surface area contributed by atoms with E-state index < -0.39 is 0 Å². The maximum atomic E-state index is 12.1. The zero-order valence-electron chi connectivity index (χ0n) is 11.8. The molecule has 2 aromatic rings.